The number of Topliss-reactive ketones (excluding diaryl/α,β-unsaturated/α-hetero) is 1. The lowest BCUT2D eigenvalue weighted by molar-refractivity contribution is -0.116. The number of rotatable bonds is 5. The number of ether oxygens (including phenoxy) is 1. The summed E-state index contributed by atoms with van der Waals surface area (Å²) in [7, 11) is 0. The summed E-state index contributed by atoms with van der Waals surface area (Å²) in [6.07, 6.45) is 0.894. The summed E-state index contributed by atoms with van der Waals surface area (Å²) in [6.45, 7) is 6.29. The third-order valence-corrected chi connectivity index (χ3v) is 3.57. The van der Waals surface area contributed by atoms with Crippen LogP contribution in [0, 0.1) is 0 Å². The summed E-state index contributed by atoms with van der Waals surface area (Å²) in [5, 5.41) is 0. The second-order valence-electron chi connectivity index (χ2n) is 3.62. The van der Waals surface area contributed by atoms with Crippen molar-refractivity contribution in [2.45, 2.75) is 32.0 Å². The molecule has 0 aliphatic carbocycles. The molecule has 0 aromatic heterocycles. The Bertz CT molecular complexity index is 374. The van der Waals surface area contributed by atoms with Crippen molar-refractivity contribution in [2.24, 2.45) is 0 Å². The monoisotopic (exact) mass is 284 g/mol. The predicted molar refractivity (Wildman–Crippen MR) is 69.3 cm³/mol. The smallest absolute Gasteiger partial charge is 0.147 e. The number of carbonyl (C=O) groups is 1. The van der Waals surface area contributed by atoms with Crippen LogP contribution in [0.15, 0.2) is 18.2 Å². The Morgan fingerprint density at radius 3 is 2.62 bits per heavy atom. The van der Waals surface area contributed by atoms with Crippen molar-refractivity contribution >= 4 is 21.7 Å². The number of benzene rings is 1. The minimum absolute atomic E-state index is 0.124. The molecule has 0 aliphatic rings. The van der Waals surface area contributed by atoms with E-state index in [1.165, 1.54) is 0 Å². The van der Waals surface area contributed by atoms with Gasteiger partial charge in [0.15, 0.2) is 0 Å². The molecule has 0 aliphatic heterocycles. The molecule has 0 saturated heterocycles. The van der Waals surface area contributed by atoms with Gasteiger partial charge < -0.3 is 4.74 Å². The summed E-state index contributed by atoms with van der Waals surface area (Å²) in [5.74, 6) is 0.991. The Morgan fingerprint density at radius 1 is 1.44 bits per heavy atom. The first kappa shape index (κ1) is 13.2. The number of alkyl halides is 1. The van der Waals surface area contributed by atoms with Crippen molar-refractivity contribution in [2.75, 3.05) is 6.61 Å². The third kappa shape index (κ3) is 3.08. The third-order valence-electron chi connectivity index (χ3n) is 2.44. The lowest BCUT2D eigenvalue weighted by Crippen LogP contribution is -2.05. The van der Waals surface area contributed by atoms with Crippen LogP contribution in [0.1, 0.15) is 36.7 Å². The molecule has 0 spiro atoms. The van der Waals surface area contributed by atoms with E-state index in [-0.39, 0.29) is 10.6 Å². The molecule has 1 rings (SSSR count). The van der Waals surface area contributed by atoms with Crippen LogP contribution in [0.4, 0.5) is 0 Å². The van der Waals surface area contributed by atoms with Gasteiger partial charge in [0.25, 0.3) is 0 Å². The summed E-state index contributed by atoms with van der Waals surface area (Å²) in [4.78, 5) is 11.1. The maximum Gasteiger partial charge on any atom is 0.147 e. The van der Waals surface area contributed by atoms with Crippen LogP contribution in [0.5, 0.6) is 5.75 Å². The molecular weight excluding hydrogens is 268 g/mol. The fourth-order valence-electron chi connectivity index (χ4n) is 1.61. The van der Waals surface area contributed by atoms with Crippen LogP contribution in [0.3, 0.4) is 0 Å². The van der Waals surface area contributed by atoms with Gasteiger partial charge in [0, 0.05) is 0 Å². The van der Waals surface area contributed by atoms with Crippen LogP contribution < -0.4 is 4.74 Å². The van der Waals surface area contributed by atoms with E-state index in [2.05, 4.69) is 22.9 Å². The second kappa shape index (κ2) is 6.04. The number of hydrogen-bond acceptors (Lipinski definition) is 2. The Morgan fingerprint density at radius 2 is 2.12 bits per heavy atom. The minimum Gasteiger partial charge on any atom is -0.494 e. The minimum atomic E-state index is -0.210. The quantitative estimate of drug-likeness (QED) is 0.771. The molecule has 3 heteroatoms. The standard InChI is InChI=1S/C13H17BrO2/c1-4-10-8-11(16-5-2)6-7-12(10)13(14)9(3)15/h6-8,13H,4-5H2,1-3H3. The molecule has 16 heavy (non-hydrogen) atoms. The Kier molecular flexibility index (Phi) is 5.00. The van der Waals surface area contributed by atoms with Crippen molar-refractivity contribution in [1.82, 2.24) is 0 Å². The van der Waals surface area contributed by atoms with Gasteiger partial charge >= 0.3 is 0 Å². The molecule has 0 saturated carbocycles. The maximum atomic E-state index is 11.3. The first-order valence-corrected chi connectivity index (χ1v) is 6.41. The number of carbonyl (C=O) groups excluding carboxylic acids is 1. The first-order chi connectivity index (χ1) is 7.60. The van der Waals surface area contributed by atoms with Crippen molar-refractivity contribution < 1.29 is 9.53 Å². The van der Waals surface area contributed by atoms with E-state index in [1.54, 1.807) is 6.92 Å². The molecule has 2 nitrogen and oxygen atoms in total. The van der Waals surface area contributed by atoms with Crippen molar-refractivity contribution in [3.05, 3.63) is 29.3 Å². The van der Waals surface area contributed by atoms with E-state index in [0.717, 1.165) is 23.3 Å². The Hall–Kier alpha value is -0.830. The van der Waals surface area contributed by atoms with Gasteiger partial charge in [-0.1, -0.05) is 28.9 Å². The zero-order chi connectivity index (χ0) is 12.1. The van der Waals surface area contributed by atoms with Crippen molar-refractivity contribution in [3.63, 3.8) is 0 Å². The normalized spacial score (nSPS) is 12.2. The molecule has 1 aromatic carbocycles. The molecule has 0 heterocycles. The van der Waals surface area contributed by atoms with Crippen LogP contribution in [-0.2, 0) is 11.2 Å². The van der Waals surface area contributed by atoms with Crippen LogP contribution in [0.2, 0.25) is 0 Å². The molecule has 1 unspecified atom stereocenters. The van der Waals surface area contributed by atoms with Gasteiger partial charge in [-0.3, -0.25) is 4.79 Å². The van der Waals surface area contributed by atoms with Crippen molar-refractivity contribution in [3.8, 4) is 5.75 Å². The fourth-order valence-corrected chi connectivity index (χ4v) is 2.06. The number of halogens is 1. The highest BCUT2D eigenvalue weighted by molar-refractivity contribution is 9.09. The van der Waals surface area contributed by atoms with E-state index < -0.39 is 0 Å². The molecular formula is C13H17BrO2. The fraction of sp³-hybridized carbons (Fsp3) is 0.462. The second-order valence-corrected chi connectivity index (χ2v) is 4.54. The Labute approximate surface area is 105 Å². The van der Waals surface area contributed by atoms with E-state index >= 15 is 0 Å². The van der Waals surface area contributed by atoms with Gasteiger partial charge in [0.05, 0.1) is 11.4 Å². The number of ketones is 1. The summed E-state index contributed by atoms with van der Waals surface area (Å²) in [6, 6.07) is 5.88. The van der Waals surface area contributed by atoms with Crippen molar-refractivity contribution in [1.29, 1.82) is 0 Å². The van der Waals surface area contributed by atoms with E-state index in [9.17, 15) is 4.79 Å². The summed E-state index contributed by atoms with van der Waals surface area (Å²) in [5.41, 5.74) is 2.20. The van der Waals surface area contributed by atoms with E-state index in [0.29, 0.717) is 6.61 Å². The lowest BCUT2D eigenvalue weighted by Gasteiger charge is -2.13. The van der Waals surface area contributed by atoms with E-state index in [1.807, 2.05) is 25.1 Å². The molecule has 0 fully saturated rings. The van der Waals surface area contributed by atoms with Gasteiger partial charge in [-0.15, -0.1) is 0 Å². The molecule has 88 valence electrons. The topological polar surface area (TPSA) is 26.3 Å². The van der Waals surface area contributed by atoms with Crippen LogP contribution >= 0.6 is 15.9 Å². The average molecular weight is 285 g/mol. The zero-order valence-electron chi connectivity index (χ0n) is 9.92. The zero-order valence-corrected chi connectivity index (χ0v) is 11.5. The maximum absolute atomic E-state index is 11.3. The number of aryl methyl sites for hydroxylation is 1. The van der Waals surface area contributed by atoms with E-state index in [4.69, 9.17) is 4.74 Å². The summed E-state index contributed by atoms with van der Waals surface area (Å²) < 4.78 is 5.44. The van der Waals surface area contributed by atoms with Gasteiger partial charge in [0.2, 0.25) is 0 Å². The van der Waals surface area contributed by atoms with Gasteiger partial charge in [-0.2, -0.15) is 0 Å². The Balaban J connectivity index is 3.06. The molecule has 1 atom stereocenters. The van der Waals surface area contributed by atoms with Gasteiger partial charge in [-0.05, 0) is 43.5 Å². The first-order valence-electron chi connectivity index (χ1n) is 5.50. The molecule has 0 bridgehead atoms. The summed E-state index contributed by atoms with van der Waals surface area (Å²) >= 11 is 3.42. The van der Waals surface area contributed by atoms with Crippen LogP contribution in [-0.4, -0.2) is 12.4 Å². The lowest BCUT2D eigenvalue weighted by atomic mass is 10.0. The molecule has 1 aromatic rings. The highest BCUT2D eigenvalue weighted by atomic mass is 79.9. The molecule has 0 amide bonds. The van der Waals surface area contributed by atoms with Gasteiger partial charge in [0.1, 0.15) is 11.5 Å². The SMILES string of the molecule is CCOc1ccc(C(Br)C(C)=O)c(CC)c1. The predicted octanol–water partition coefficient (Wildman–Crippen LogP) is 3.67. The number of hydrogen-bond donors (Lipinski definition) is 0. The van der Waals surface area contributed by atoms with Gasteiger partial charge in [-0.25, -0.2) is 0 Å². The molecule has 0 N–H and O–H groups in total. The highest BCUT2D eigenvalue weighted by Gasteiger charge is 2.16. The average Bonchev–Trinajstić information content (AvgIpc) is 2.28. The van der Waals surface area contributed by atoms with Crippen LogP contribution in [0.25, 0.3) is 0 Å². The largest absolute Gasteiger partial charge is 0.494 e. The molecule has 0 radical (unpaired) electrons. The highest BCUT2D eigenvalue weighted by Crippen LogP contribution is 2.29.